The Morgan fingerprint density at radius 1 is 1.50 bits per heavy atom. The van der Waals surface area contributed by atoms with E-state index in [1.165, 1.54) is 6.07 Å². The highest BCUT2D eigenvalue weighted by molar-refractivity contribution is 6.30. The molecule has 0 saturated heterocycles. The minimum absolute atomic E-state index is 0.0410. The van der Waals surface area contributed by atoms with Gasteiger partial charge in [0.05, 0.1) is 11.1 Å². The van der Waals surface area contributed by atoms with Gasteiger partial charge in [-0.3, -0.25) is 0 Å². The zero-order valence-corrected chi connectivity index (χ0v) is 10.3. The van der Waals surface area contributed by atoms with Crippen molar-refractivity contribution < 1.29 is 9.50 Å². The maximum absolute atomic E-state index is 12.9. The molecule has 2 atom stereocenters. The van der Waals surface area contributed by atoms with E-state index in [0.29, 0.717) is 13.0 Å². The molecule has 1 rings (SSSR count). The fraction of sp³-hybridized carbons (Fsp3) is 0.500. The highest BCUT2D eigenvalue weighted by atomic mass is 35.5. The van der Waals surface area contributed by atoms with Crippen LogP contribution in [0.2, 0.25) is 5.02 Å². The number of rotatable bonds is 5. The fourth-order valence-corrected chi connectivity index (χ4v) is 1.55. The monoisotopic (exact) mass is 245 g/mol. The third-order valence-corrected chi connectivity index (χ3v) is 2.86. The first-order valence-electron chi connectivity index (χ1n) is 5.41. The molecule has 2 nitrogen and oxygen atoms in total. The summed E-state index contributed by atoms with van der Waals surface area (Å²) in [4.78, 5) is 0. The first kappa shape index (κ1) is 13.4. The van der Waals surface area contributed by atoms with Gasteiger partial charge in [0.2, 0.25) is 0 Å². The molecule has 0 heterocycles. The molecule has 2 N–H and O–H groups in total. The van der Waals surface area contributed by atoms with E-state index in [4.69, 9.17) is 11.6 Å². The first-order chi connectivity index (χ1) is 7.54. The van der Waals surface area contributed by atoms with E-state index in [1.807, 2.05) is 13.8 Å². The Morgan fingerprint density at radius 3 is 2.75 bits per heavy atom. The van der Waals surface area contributed by atoms with Crippen LogP contribution < -0.4 is 5.32 Å². The molecule has 0 unspecified atom stereocenters. The summed E-state index contributed by atoms with van der Waals surface area (Å²) >= 11 is 5.70. The number of benzene rings is 1. The zero-order valence-electron chi connectivity index (χ0n) is 9.50. The lowest BCUT2D eigenvalue weighted by atomic mass is 10.1. The highest BCUT2D eigenvalue weighted by Gasteiger charge is 2.09. The molecule has 4 heteroatoms. The molecule has 0 bridgehead atoms. The third-order valence-electron chi connectivity index (χ3n) is 2.57. The SMILES string of the molecule is CC[C@@H](O)CN[C@H](C)c1ccc(F)c(Cl)c1. The molecular formula is C12H17ClFNO. The van der Waals surface area contributed by atoms with Crippen molar-refractivity contribution in [2.75, 3.05) is 6.54 Å². The Morgan fingerprint density at radius 2 is 2.19 bits per heavy atom. The highest BCUT2D eigenvalue weighted by Crippen LogP contribution is 2.20. The van der Waals surface area contributed by atoms with Crippen LogP contribution in [0.3, 0.4) is 0 Å². The largest absolute Gasteiger partial charge is 0.392 e. The molecule has 90 valence electrons. The average Bonchev–Trinajstić information content (AvgIpc) is 2.29. The van der Waals surface area contributed by atoms with Crippen LogP contribution in [0.25, 0.3) is 0 Å². The standard InChI is InChI=1S/C12H17ClFNO/c1-3-10(16)7-15-8(2)9-4-5-12(14)11(13)6-9/h4-6,8,10,15-16H,3,7H2,1-2H3/t8-,10-/m1/s1. The Labute approximate surface area is 100 Å². The third kappa shape index (κ3) is 3.74. The van der Waals surface area contributed by atoms with Gasteiger partial charge in [-0.25, -0.2) is 4.39 Å². The first-order valence-corrected chi connectivity index (χ1v) is 5.78. The van der Waals surface area contributed by atoms with E-state index in [1.54, 1.807) is 12.1 Å². The van der Waals surface area contributed by atoms with Crippen LogP contribution in [-0.4, -0.2) is 17.8 Å². The second kappa shape index (κ2) is 6.18. The molecule has 1 aromatic rings. The van der Waals surface area contributed by atoms with E-state index in [9.17, 15) is 9.50 Å². The second-order valence-corrected chi connectivity index (χ2v) is 4.27. The van der Waals surface area contributed by atoms with Crippen LogP contribution in [0.5, 0.6) is 0 Å². The van der Waals surface area contributed by atoms with Crippen LogP contribution in [-0.2, 0) is 0 Å². The van der Waals surface area contributed by atoms with Crippen molar-refractivity contribution in [3.63, 3.8) is 0 Å². The minimum atomic E-state index is -0.411. The van der Waals surface area contributed by atoms with Gasteiger partial charge in [-0.15, -0.1) is 0 Å². The lowest BCUT2D eigenvalue weighted by Crippen LogP contribution is -2.28. The van der Waals surface area contributed by atoms with Gasteiger partial charge in [0.1, 0.15) is 5.82 Å². The number of halogens is 2. The smallest absolute Gasteiger partial charge is 0.141 e. The summed E-state index contributed by atoms with van der Waals surface area (Å²) in [6.45, 7) is 4.39. The lowest BCUT2D eigenvalue weighted by Gasteiger charge is -2.17. The van der Waals surface area contributed by atoms with Crippen LogP contribution in [0.15, 0.2) is 18.2 Å². The number of aliphatic hydroxyl groups is 1. The maximum atomic E-state index is 12.9. The molecule has 0 aliphatic rings. The fourth-order valence-electron chi connectivity index (χ4n) is 1.36. The summed E-state index contributed by atoms with van der Waals surface area (Å²) in [6, 6.07) is 4.69. The summed E-state index contributed by atoms with van der Waals surface area (Å²) in [5.74, 6) is -0.411. The quantitative estimate of drug-likeness (QED) is 0.836. The normalized spacial score (nSPS) is 14.8. The van der Waals surface area contributed by atoms with E-state index in [2.05, 4.69) is 5.32 Å². The Balaban J connectivity index is 2.59. The Kier molecular flexibility index (Phi) is 5.19. The molecular weight excluding hydrogens is 229 g/mol. The molecule has 16 heavy (non-hydrogen) atoms. The van der Waals surface area contributed by atoms with E-state index < -0.39 is 5.82 Å². The average molecular weight is 246 g/mol. The maximum Gasteiger partial charge on any atom is 0.141 e. The van der Waals surface area contributed by atoms with E-state index in [0.717, 1.165) is 5.56 Å². The summed E-state index contributed by atoms with van der Waals surface area (Å²) in [7, 11) is 0. The number of hydrogen-bond donors (Lipinski definition) is 2. The van der Waals surface area contributed by atoms with Gasteiger partial charge in [-0.2, -0.15) is 0 Å². The molecule has 0 amide bonds. The molecule has 0 aliphatic heterocycles. The summed E-state index contributed by atoms with van der Waals surface area (Å²) in [6.07, 6.45) is 0.363. The van der Waals surface area contributed by atoms with Crippen molar-refractivity contribution in [1.29, 1.82) is 0 Å². The van der Waals surface area contributed by atoms with Crippen molar-refractivity contribution in [3.05, 3.63) is 34.6 Å². The molecule has 0 aliphatic carbocycles. The van der Waals surface area contributed by atoms with Gasteiger partial charge in [-0.05, 0) is 31.0 Å². The van der Waals surface area contributed by atoms with Gasteiger partial charge in [0, 0.05) is 12.6 Å². The van der Waals surface area contributed by atoms with Crippen LogP contribution in [0.4, 0.5) is 4.39 Å². The topological polar surface area (TPSA) is 32.3 Å². The number of aliphatic hydroxyl groups excluding tert-OH is 1. The zero-order chi connectivity index (χ0) is 12.1. The van der Waals surface area contributed by atoms with Crippen molar-refractivity contribution in [2.45, 2.75) is 32.4 Å². The lowest BCUT2D eigenvalue weighted by molar-refractivity contribution is 0.164. The van der Waals surface area contributed by atoms with Gasteiger partial charge in [0.15, 0.2) is 0 Å². The molecule has 1 aromatic carbocycles. The molecule has 0 radical (unpaired) electrons. The van der Waals surface area contributed by atoms with Gasteiger partial charge >= 0.3 is 0 Å². The van der Waals surface area contributed by atoms with Crippen LogP contribution in [0, 0.1) is 5.82 Å². The van der Waals surface area contributed by atoms with Gasteiger partial charge in [0.25, 0.3) is 0 Å². The van der Waals surface area contributed by atoms with Gasteiger partial charge in [-0.1, -0.05) is 24.6 Å². The predicted molar refractivity (Wildman–Crippen MR) is 64.1 cm³/mol. The van der Waals surface area contributed by atoms with E-state index >= 15 is 0 Å². The van der Waals surface area contributed by atoms with Crippen LogP contribution >= 0.6 is 11.6 Å². The predicted octanol–water partition coefficient (Wildman–Crippen LogP) is 2.90. The van der Waals surface area contributed by atoms with Crippen molar-refractivity contribution in [1.82, 2.24) is 5.32 Å². The second-order valence-electron chi connectivity index (χ2n) is 3.87. The molecule has 0 saturated carbocycles. The molecule has 0 spiro atoms. The van der Waals surface area contributed by atoms with Crippen molar-refractivity contribution in [3.8, 4) is 0 Å². The number of hydrogen-bond acceptors (Lipinski definition) is 2. The van der Waals surface area contributed by atoms with Crippen molar-refractivity contribution >= 4 is 11.6 Å². The summed E-state index contributed by atoms with van der Waals surface area (Å²) < 4.78 is 12.9. The van der Waals surface area contributed by atoms with Crippen molar-refractivity contribution in [2.24, 2.45) is 0 Å². The number of nitrogens with one attached hydrogen (secondary N) is 1. The van der Waals surface area contributed by atoms with Crippen LogP contribution in [0.1, 0.15) is 31.9 Å². The summed E-state index contributed by atoms with van der Waals surface area (Å²) in [5.41, 5.74) is 0.912. The molecule has 0 aromatic heterocycles. The van der Waals surface area contributed by atoms with E-state index in [-0.39, 0.29) is 17.2 Å². The molecule has 0 fully saturated rings. The summed E-state index contributed by atoms with van der Waals surface area (Å²) in [5, 5.41) is 12.7. The Hall–Kier alpha value is -0.640. The van der Waals surface area contributed by atoms with Gasteiger partial charge < -0.3 is 10.4 Å². The minimum Gasteiger partial charge on any atom is -0.392 e. The Bertz CT molecular complexity index is 346.